The fourth-order valence-corrected chi connectivity index (χ4v) is 3.04. The first-order valence-corrected chi connectivity index (χ1v) is 9.99. The van der Waals surface area contributed by atoms with Crippen LogP contribution in [0.1, 0.15) is 46.1 Å². The van der Waals surface area contributed by atoms with Gasteiger partial charge in [-0.1, -0.05) is 32.9 Å². The van der Waals surface area contributed by atoms with Gasteiger partial charge in [-0.2, -0.15) is 0 Å². The molecular weight excluding hydrogens is 358 g/mol. The summed E-state index contributed by atoms with van der Waals surface area (Å²) >= 11 is 0. The second-order valence-corrected chi connectivity index (χ2v) is 7.99. The molecule has 1 aliphatic heterocycles. The van der Waals surface area contributed by atoms with Crippen LogP contribution >= 0.6 is 0 Å². The largest absolute Gasteiger partial charge is 0.492 e. The van der Waals surface area contributed by atoms with Crippen molar-refractivity contribution in [2.45, 2.75) is 52.0 Å². The van der Waals surface area contributed by atoms with Crippen LogP contribution in [0, 0.1) is 0 Å². The number of ether oxygens (including phenoxy) is 2. The van der Waals surface area contributed by atoms with Gasteiger partial charge in [0.05, 0.1) is 13.2 Å². The summed E-state index contributed by atoms with van der Waals surface area (Å²) in [6, 6.07) is 7.89. The van der Waals surface area contributed by atoms with Crippen LogP contribution in [0.2, 0.25) is 0 Å². The second-order valence-electron chi connectivity index (χ2n) is 7.99. The lowest BCUT2D eigenvalue weighted by Crippen LogP contribution is -2.49. The lowest BCUT2D eigenvalue weighted by Gasteiger charge is -2.31. The molecule has 1 heterocycles. The van der Waals surface area contributed by atoms with Gasteiger partial charge in [0.15, 0.2) is 0 Å². The molecule has 1 aromatic carbocycles. The lowest BCUT2D eigenvalue weighted by atomic mass is 9.87. The maximum absolute atomic E-state index is 12.0. The molecule has 0 radical (unpaired) electrons. The maximum Gasteiger partial charge on any atom is 0.409 e. The van der Waals surface area contributed by atoms with E-state index in [4.69, 9.17) is 9.47 Å². The Morgan fingerprint density at radius 3 is 2.57 bits per heavy atom. The Labute approximate surface area is 167 Å². The molecule has 0 spiro atoms. The van der Waals surface area contributed by atoms with Gasteiger partial charge in [-0.15, -0.1) is 0 Å². The quantitative estimate of drug-likeness (QED) is 0.730. The van der Waals surface area contributed by atoms with E-state index in [2.05, 4.69) is 37.5 Å². The number of benzene rings is 1. The highest BCUT2D eigenvalue weighted by Crippen LogP contribution is 2.25. The van der Waals surface area contributed by atoms with Crippen molar-refractivity contribution in [1.82, 2.24) is 15.5 Å². The summed E-state index contributed by atoms with van der Waals surface area (Å²) in [5.74, 6) is 0.806. The number of nitrogens with zero attached hydrogens (tertiary/aromatic N) is 1. The van der Waals surface area contributed by atoms with E-state index in [0.29, 0.717) is 32.8 Å². The highest BCUT2D eigenvalue weighted by Gasteiger charge is 2.24. The molecule has 0 bridgehead atoms. The minimum absolute atomic E-state index is 0.0649. The van der Waals surface area contributed by atoms with Gasteiger partial charge in [0, 0.05) is 19.1 Å². The molecule has 1 aliphatic rings. The first kappa shape index (κ1) is 21.9. The molecule has 3 amide bonds. The van der Waals surface area contributed by atoms with E-state index in [9.17, 15) is 9.59 Å². The smallest absolute Gasteiger partial charge is 0.409 e. The van der Waals surface area contributed by atoms with E-state index >= 15 is 0 Å². The van der Waals surface area contributed by atoms with E-state index in [-0.39, 0.29) is 23.6 Å². The van der Waals surface area contributed by atoms with Crippen LogP contribution in [0.3, 0.4) is 0 Å². The van der Waals surface area contributed by atoms with E-state index < -0.39 is 0 Å². The number of piperidine rings is 1. The van der Waals surface area contributed by atoms with Gasteiger partial charge in [-0.05, 0) is 42.9 Å². The number of carbonyl (C=O) groups is 2. The summed E-state index contributed by atoms with van der Waals surface area (Å²) in [6.07, 6.45) is 1.17. The van der Waals surface area contributed by atoms with Crippen molar-refractivity contribution in [3.63, 3.8) is 0 Å². The molecule has 7 nitrogen and oxygen atoms in total. The summed E-state index contributed by atoms with van der Waals surface area (Å²) in [5.41, 5.74) is 1.28. The lowest BCUT2D eigenvalue weighted by molar-refractivity contribution is 0.0957. The molecule has 7 heteroatoms. The molecule has 2 rings (SSSR count). The summed E-state index contributed by atoms with van der Waals surface area (Å²) in [5, 5.41) is 5.77. The van der Waals surface area contributed by atoms with Crippen molar-refractivity contribution in [3.8, 4) is 5.75 Å². The normalized spacial score (nSPS) is 15.1. The summed E-state index contributed by atoms with van der Waals surface area (Å²) in [6.45, 7) is 10.7. The molecule has 1 saturated heterocycles. The van der Waals surface area contributed by atoms with Crippen molar-refractivity contribution in [2.75, 3.05) is 32.8 Å². The van der Waals surface area contributed by atoms with Crippen molar-refractivity contribution < 1.29 is 19.1 Å². The molecule has 0 aromatic heterocycles. The van der Waals surface area contributed by atoms with Gasteiger partial charge in [0.25, 0.3) is 0 Å². The maximum atomic E-state index is 12.0. The summed E-state index contributed by atoms with van der Waals surface area (Å²) in [4.78, 5) is 25.4. The average Bonchev–Trinajstić information content (AvgIpc) is 2.65. The number of likely N-dealkylation sites (tertiary alicyclic amines) is 1. The minimum atomic E-state index is -0.280. The molecule has 0 unspecified atom stereocenters. The van der Waals surface area contributed by atoms with Crippen molar-refractivity contribution in [3.05, 3.63) is 29.8 Å². The van der Waals surface area contributed by atoms with Crippen LogP contribution in [0.4, 0.5) is 9.59 Å². The molecule has 0 atom stereocenters. The van der Waals surface area contributed by atoms with Crippen LogP contribution in [0.15, 0.2) is 24.3 Å². The van der Waals surface area contributed by atoms with Crippen molar-refractivity contribution >= 4 is 12.1 Å². The van der Waals surface area contributed by atoms with Gasteiger partial charge >= 0.3 is 12.1 Å². The number of carbonyl (C=O) groups excluding carboxylic acids is 2. The molecule has 1 aromatic rings. The van der Waals surface area contributed by atoms with Gasteiger partial charge in [-0.3, -0.25) is 0 Å². The van der Waals surface area contributed by atoms with Crippen LogP contribution in [-0.4, -0.2) is 55.9 Å². The highest BCUT2D eigenvalue weighted by molar-refractivity contribution is 5.74. The summed E-state index contributed by atoms with van der Waals surface area (Å²) in [7, 11) is 0. The van der Waals surface area contributed by atoms with Crippen LogP contribution in [0.25, 0.3) is 0 Å². The zero-order chi connectivity index (χ0) is 20.6. The Morgan fingerprint density at radius 1 is 1.21 bits per heavy atom. The molecule has 28 heavy (non-hydrogen) atoms. The third kappa shape index (κ3) is 6.94. The van der Waals surface area contributed by atoms with Crippen molar-refractivity contribution in [2.24, 2.45) is 0 Å². The molecule has 0 saturated carbocycles. The van der Waals surface area contributed by atoms with Crippen LogP contribution in [0.5, 0.6) is 5.75 Å². The van der Waals surface area contributed by atoms with E-state index in [0.717, 1.165) is 18.6 Å². The average molecular weight is 392 g/mol. The topological polar surface area (TPSA) is 79.9 Å². The Morgan fingerprint density at radius 2 is 1.93 bits per heavy atom. The number of hydrogen-bond acceptors (Lipinski definition) is 4. The number of hydrogen-bond donors (Lipinski definition) is 2. The fourth-order valence-electron chi connectivity index (χ4n) is 3.04. The van der Waals surface area contributed by atoms with E-state index in [1.54, 1.807) is 11.8 Å². The van der Waals surface area contributed by atoms with Crippen molar-refractivity contribution in [1.29, 1.82) is 0 Å². The Hall–Kier alpha value is -2.44. The Kier molecular flexibility index (Phi) is 7.96. The minimum Gasteiger partial charge on any atom is -0.492 e. The monoisotopic (exact) mass is 391 g/mol. The van der Waals surface area contributed by atoms with Crippen LogP contribution in [-0.2, 0) is 10.2 Å². The fraction of sp³-hybridized carbons (Fsp3) is 0.619. The third-order valence-electron chi connectivity index (χ3n) is 4.71. The van der Waals surface area contributed by atoms with Gasteiger partial charge < -0.3 is 25.0 Å². The first-order chi connectivity index (χ1) is 13.3. The van der Waals surface area contributed by atoms with Gasteiger partial charge in [0.2, 0.25) is 0 Å². The van der Waals surface area contributed by atoms with Gasteiger partial charge in [0.1, 0.15) is 12.4 Å². The molecule has 0 aliphatic carbocycles. The standard InChI is InChI=1S/C21H33N3O4/c1-5-27-20(26)24-12-9-17(10-13-24)23-19(25)22-11-14-28-18-8-6-7-16(15-18)21(2,3)4/h6-8,15,17H,5,9-14H2,1-4H3,(H2,22,23,25). The second kappa shape index (κ2) is 10.2. The highest BCUT2D eigenvalue weighted by atomic mass is 16.6. The number of amides is 3. The number of urea groups is 1. The Balaban J connectivity index is 1.64. The predicted molar refractivity (Wildman–Crippen MR) is 109 cm³/mol. The molecule has 1 fully saturated rings. The van der Waals surface area contributed by atoms with Gasteiger partial charge in [-0.25, -0.2) is 9.59 Å². The predicted octanol–water partition coefficient (Wildman–Crippen LogP) is 3.28. The first-order valence-electron chi connectivity index (χ1n) is 9.99. The number of nitrogens with one attached hydrogen (secondary N) is 2. The Bertz CT molecular complexity index is 649. The zero-order valence-electron chi connectivity index (χ0n) is 17.4. The molecule has 156 valence electrons. The third-order valence-corrected chi connectivity index (χ3v) is 4.71. The summed E-state index contributed by atoms with van der Waals surface area (Å²) < 4.78 is 10.7. The zero-order valence-corrected chi connectivity index (χ0v) is 17.4. The molecular formula is C21H33N3O4. The SMILES string of the molecule is CCOC(=O)N1CCC(NC(=O)NCCOc2cccc(C(C)(C)C)c2)CC1. The van der Waals surface area contributed by atoms with Crippen LogP contribution < -0.4 is 15.4 Å². The molecule has 2 N–H and O–H groups in total. The number of rotatable bonds is 6. The van der Waals surface area contributed by atoms with E-state index in [1.807, 2.05) is 18.2 Å². The van der Waals surface area contributed by atoms with E-state index in [1.165, 1.54) is 5.56 Å².